The molecule has 0 unspecified atom stereocenters. The van der Waals surface area contributed by atoms with Gasteiger partial charge in [0.25, 0.3) is 0 Å². The summed E-state index contributed by atoms with van der Waals surface area (Å²) in [5.74, 6) is -1.14. The molecule has 0 amide bonds. The average molecular weight is 318 g/mol. The van der Waals surface area contributed by atoms with Crippen molar-refractivity contribution in [2.45, 2.75) is 38.1 Å². The number of ether oxygens (including phenoxy) is 1. The number of aromatic nitrogens is 1. The first kappa shape index (κ1) is 17.7. The molecule has 0 saturated carbocycles. The summed E-state index contributed by atoms with van der Waals surface area (Å²) in [6.07, 6.45) is 2.64. The van der Waals surface area contributed by atoms with E-state index < -0.39 is 16.0 Å². The quantitative estimate of drug-likeness (QED) is 0.634. The number of hydrogen-bond donors (Lipinski definition) is 2. The summed E-state index contributed by atoms with van der Waals surface area (Å²) < 4.78 is 33.2. The largest absolute Gasteiger partial charge is 0.477 e. The van der Waals surface area contributed by atoms with E-state index >= 15 is 0 Å². The lowest BCUT2D eigenvalue weighted by Crippen LogP contribution is -2.25. The van der Waals surface area contributed by atoms with E-state index in [1.807, 2.05) is 13.8 Å². The van der Waals surface area contributed by atoms with Crippen molar-refractivity contribution in [2.24, 2.45) is 0 Å². The highest BCUT2D eigenvalue weighted by atomic mass is 32.2. The summed E-state index contributed by atoms with van der Waals surface area (Å²) in [6.45, 7) is 5.55. The number of sulfonamides is 1. The fourth-order valence-corrected chi connectivity index (χ4v) is 2.96. The molecule has 0 saturated heterocycles. The number of aromatic carboxylic acids is 1. The molecular weight excluding hydrogens is 296 g/mol. The normalized spacial score (nSPS) is 11.7. The van der Waals surface area contributed by atoms with Crippen LogP contribution in [-0.4, -0.2) is 43.8 Å². The number of carboxylic acids is 1. The molecule has 8 heteroatoms. The smallest absolute Gasteiger partial charge is 0.352 e. The van der Waals surface area contributed by atoms with Gasteiger partial charge < -0.3 is 14.4 Å². The Morgan fingerprint density at radius 2 is 2.14 bits per heavy atom. The lowest BCUT2D eigenvalue weighted by molar-refractivity contribution is 0.0685. The van der Waals surface area contributed by atoms with Crippen LogP contribution in [0.4, 0.5) is 0 Å². The van der Waals surface area contributed by atoms with Gasteiger partial charge in [-0.15, -0.1) is 0 Å². The van der Waals surface area contributed by atoms with Crippen LogP contribution < -0.4 is 4.72 Å². The van der Waals surface area contributed by atoms with E-state index in [0.717, 1.165) is 6.42 Å². The molecule has 0 bridgehead atoms. The Kier molecular flexibility index (Phi) is 6.86. The highest BCUT2D eigenvalue weighted by Gasteiger charge is 2.20. The SMILES string of the molecule is CCCn1cc(S(=O)(=O)NCCCOCC)cc1C(=O)O. The molecule has 0 fully saturated rings. The third-order valence-corrected chi connectivity index (χ3v) is 4.26. The lowest BCUT2D eigenvalue weighted by atomic mass is 10.4. The topological polar surface area (TPSA) is 97.6 Å². The van der Waals surface area contributed by atoms with E-state index in [1.165, 1.54) is 16.8 Å². The first-order valence-electron chi connectivity index (χ1n) is 6.93. The van der Waals surface area contributed by atoms with Crippen LogP contribution in [0.3, 0.4) is 0 Å². The number of carbonyl (C=O) groups is 1. The highest BCUT2D eigenvalue weighted by molar-refractivity contribution is 7.89. The van der Waals surface area contributed by atoms with Gasteiger partial charge in [0.2, 0.25) is 10.0 Å². The molecule has 0 aliphatic heterocycles. The number of nitrogens with zero attached hydrogens (tertiary/aromatic N) is 1. The molecule has 1 aromatic heterocycles. The number of nitrogens with one attached hydrogen (secondary N) is 1. The van der Waals surface area contributed by atoms with Gasteiger partial charge in [0.15, 0.2) is 0 Å². The van der Waals surface area contributed by atoms with Gasteiger partial charge in [-0.3, -0.25) is 0 Å². The van der Waals surface area contributed by atoms with Gasteiger partial charge in [0.05, 0.1) is 0 Å². The zero-order valence-electron chi connectivity index (χ0n) is 12.3. The first-order chi connectivity index (χ1) is 9.92. The maximum absolute atomic E-state index is 12.1. The third-order valence-electron chi connectivity index (χ3n) is 2.83. The van der Waals surface area contributed by atoms with Gasteiger partial charge in [-0.1, -0.05) is 6.92 Å². The van der Waals surface area contributed by atoms with Crippen LogP contribution in [0.15, 0.2) is 17.2 Å². The molecule has 120 valence electrons. The van der Waals surface area contributed by atoms with Gasteiger partial charge in [-0.25, -0.2) is 17.9 Å². The molecule has 7 nitrogen and oxygen atoms in total. The van der Waals surface area contributed by atoms with E-state index in [-0.39, 0.29) is 17.1 Å². The number of hydrogen-bond acceptors (Lipinski definition) is 4. The number of carboxylic acid groups (broad SMARTS) is 1. The van der Waals surface area contributed by atoms with Gasteiger partial charge in [0, 0.05) is 32.5 Å². The van der Waals surface area contributed by atoms with E-state index in [4.69, 9.17) is 9.84 Å². The molecule has 2 N–H and O–H groups in total. The molecule has 0 aliphatic carbocycles. The molecule has 0 radical (unpaired) electrons. The van der Waals surface area contributed by atoms with Crippen molar-refractivity contribution < 1.29 is 23.1 Å². The monoisotopic (exact) mass is 318 g/mol. The third kappa shape index (κ3) is 5.14. The molecule has 1 rings (SSSR count). The maximum atomic E-state index is 12.1. The van der Waals surface area contributed by atoms with E-state index in [0.29, 0.717) is 26.2 Å². The summed E-state index contributed by atoms with van der Waals surface area (Å²) in [5.41, 5.74) is -0.0217. The number of aryl methyl sites for hydroxylation is 1. The van der Waals surface area contributed by atoms with Crippen LogP contribution in [0.2, 0.25) is 0 Å². The van der Waals surface area contributed by atoms with Crippen LogP contribution in [0.1, 0.15) is 37.2 Å². The second-order valence-electron chi connectivity index (χ2n) is 4.51. The Labute approximate surface area is 125 Å². The molecule has 0 aliphatic rings. The molecular formula is C13H22N2O5S. The molecule has 1 aromatic rings. The van der Waals surface area contributed by atoms with Crippen LogP contribution >= 0.6 is 0 Å². The van der Waals surface area contributed by atoms with Gasteiger partial charge in [-0.05, 0) is 25.8 Å². The van der Waals surface area contributed by atoms with E-state index in [2.05, 4.69) is 4.72 Å². The average Bonchev–Trinajstić information content (AvgIpc) is 2.84. The van der Waals surface area contributed by atoms with Crippen molar-refractivity contribution in [2.75, 3.05) is 19.8 Å². The molecule has 0 spiro atoms. The Hall–Kier alpha value is -1.38. The second-order valence-corrected chi connectivity index (χ2v) is 6.27. The molecule has 0 aromatic carbocycles. The maximum Gasteiger partial charge on any atom is 0.352 e. The predicted octanol–water partition coefficient (Wildman–Crippen LogP) is 1.30. The zero-order valence-corrected chi connectivity index (χ0v) is 13.1. The summed E-state index contributed by atoms with van der Waals surface area (Å²) in [6, 6.07) is 1.18. The fourth-order valence-electron chi connectivity index (χ4n) is 1.84. The van der Waals surface area contributed by atoms with Gasteiger partial charge >= 0.3 is 5.97 Å². The van der Waals surface area contributed by atoms with Crippen molar-refractivity contribution in [1.82, 2.24) is 9.29 Å². The van der Waals surface area contributed by atoms with Crippen molar-refractivity contribution in [3.63, 3.8) is 0 Å². The van der Waals surface area contributed by atoms with Gasteiger partial charge in [0.1, 0.15) is 10.6 Å². The predicted molar refractivity (Wildman–Crippen MR) is 78.0 cm³/mol. The van der Waals surface area contributed by atoms with Crippen LogP contribution in [0.5, 0.6) is 0 Å². The second kappa shape index (κ2) is 8.16. The minimum Gasteiger partial charge on any atom is -0.477 e. The minimum absolute atomic E-state index is 0.0217. The van der Waals surface area contributed by atoms with Crippen LogP contribution in [0.25, 0.3) is 0 Å². The van der Waals surface area contributed by atoms with Crippen molar-refractivity contribution in [3.8, 4) is 0 Å². The first-order valence-corrected chi connectivity index (χ1v) is 8.41. The summed E-state index contributed by atoms with van der Waals surface area (Å²) in [7, 11) is -3.69. The highest BCUT2D eigenvalue weighted by Crippen LogP contribution is 2.15. The molecule has 0 atom stereocenters. The van der Waals surface area contributed by atoms with Crippen molar-refractivity contribution in [3.05, 3.63) is 18.0 Å². The summed E-state index contributed by atoms with van der Waals surface area (Å²) in [4.78, 5) is 11.1. The fraction of sp³-hybridized carbons (Fsp3) is 0.615. The summed E-state index contributed by atoms with van der Waals surface area (Å²) in [5, 5.41) is 9.09. The molecule has 1 heterocycles. The van der Waals surface area contributed by atoms with Crippen LogP contribution in [0, 0.1) is 0 Å². The number of rotatable bonds is 10. The summed E-state index contributed by atoms with van der Waals surface area (Å²) >= 11 is 0. The standard InChI is InChI=1S/C13H22N2O5S/c1-3-7-15-10-11(9-12(15)13(16)17)21(18,19)14-6-5-8-20-4-2/h9-10,14H,3-8H2,1-2H3,(H,16,17). The lowest BCUT2D eigenvalue weighted by Gasteiger charge is -2.05. The van der Waals surface area contributed by atoms with E-state index in [1.54, 1.807) is 0 Å². The van der Waals surface area contributed by atoms with Crippen molar-refractivity contribution in [1.29, 1.82) is 0 Å². The Morgan fingerprint density at radius 1 is 1.43 bits per heavy atom. The van der Waals surface area contributed by atoms with Gasteiger partial charge in [-0.2, -0.15) is 0 Å². The zero-order chi connectivity index (χ0) is 15.9. The van der Waals surface area contributed by atoms with Crippen molar-refractivity contribution >= 4 is 16.0 Å². The Bertz CT molecular complexity index is 565. The van der Waals surface area contributed by atoms with E-state index in [9.17, 15) is 13.2 Å². The Balaban J connectivity index is 2.78. The Morgan fingerprint density at radius 3 is 2.71 bits per heavy atom. The minimum atomic E-state index is -3.69. The molecule has 21 heavy (non-hydrogen) atoms. The van der Waals surface area contributed by atoms with Crippen LogP contribution in [-0.2, 0) is 21.3 Å².